The second kappa shape index (κ2) is 9.02. The fourth-order valence-electron chi connectivity index (χ4n) is 3.27. The minimum atomic E-state index is -3.93. The first kappa shape index (κ1) is 22.1. The molecule has 0 bridgehead atoms. The van der Waals surface area contributed by atoms with Crippen LogP contribution >= 0.6 is 15.9 Å². The molecule has 7 heteroatoms. The Balaban J connectivity index is 1.81. The summed E-state index contributed by atoms with van der Waals surface area (Å²) < 4.78 is 37.2. The predicted octanol–water partition coefficient (Wildman–Crippen LogP) is 5.90. The molecule has 30 heavy (non-hydrogen) atoms. The largest absolute Gasteiger partial charge is 0.496 e. The first-order valence-corrected chi connectivity index (χ1v) is 11.4. The average molecular weight is 488 g/mol. The SMILES string of the molecule is COc1ccc(Br)cc1C=Nc1ccc(OS(=O)(=O)c2c(C)cc(C)cc2C)cc1. The van der Waals surface area contributed by atoms with Crippen LogP contribution in [0.5, 0.6) is 11.5 Å². The summed E-state index contributed by atoms with van der Waals surface area (Å²) in [5, 5.41) is 0. The number of rotatable bonds is 6. The number of benzene rings is 3. The van der Waals surface area contributed by atoms with Crippen molar-refractivity contribution in [1.29, 1.82) is 0 Å². The molecule has 0 N–H and O–H groups in total. The van der Waals surface area contributed by atoms with Gasteiger partial charge in [-0.2, -0.15) is 8.42 Å². The molecule has 0 heterocycles. The van der Waals surface area contributed by atoms with E-state index in [0.717, 1.165) is 15.6 Å². The Morgan fingerprint density at radius 3 is 2.17 bits per heavy atom. The normalized spacial score (nSPS) is 11.6. The van der Waals surface area contributed by atoms with Crippen LogP contribution in [-0.2, 0) is 10.1 Å². The van der Waals surface area contributed by atoms with E-state index in [1.807, 2.05) is 37.3 Å². The van der Waals surface area contributed by atoms with Gasteiger partial charge in [0.25, 0.3) is 0 Å². The highest BCUT2D eigenvalue weighted by Crippen LogP contribution is 2.27. The molecule has 0 aliphatic carbocycles. The van der Waals surface area contributed by atoms with E-state index < -0.39 is 10.1 Å². The van der Waals surface area contributed by atoms with Crippen LogP contribution in [0.15, 0.2) is 69.0 Å². The summed E-state index contributed by atoms with van der Waals surface area (Å²) in [5.41, 5.74) is 3.81. The van der Waals surface area contributed by atoms with Crippen LogP contribution in [0.25, 0.3) is 0 Å². The standard InChI is InChI=1S/C23H22BrNO4S/c1-15-11-16(2)23(17(3)12-15)30(26,27)29-21-8-6-20(7-9-21)25-14-18-13-19(24)5-10-22(18)28-4/h5-14H,1-4H3. The molecular weight excluding hydrogens is 466 g/mol. The van der Waals surface area contributed by atoms with E-state index in [0.29, 0.717) is 22.6 Å². The first-order chi connectivity index (χ1) is 14.2. The van der Waals surface area contributed by atoms with Crippen molar-refractivity contribution in [2.45, 2.75) is 25.7 Å². The highest BCUT2D eigenvalue weighted by atomic mass is 79.9. The summed E-state index contributed by atoms with van der Waals surface area (Å²) in [6.45, 7) is 5.47. The molecule has 0 aromatic heterocycles. The number of hydrogen-bond acceptors (Lipinski definition) is 5. The molecule has 0 aliphatic heterocycles. The number of halogens is 1. The van der Waals surface area contributed by atoms with Crippen molar-refractivity contribution in [1.82, 2.24) is 0 Å². The van der Waals surface area contributed by atoms with Gasteiger partial charge in [0, 0.05) is 16.3 Å². The van der Waals surface area contributed by atoms with Crippen molar-refractivity contribution >= 4 is 38.0 Å². The van der Waals surface area contributed by atoms with Crippen molar-refractivity contribution in [2.75, 3.05) is 7.11 Å². The molecule has 0 spiro atoms. The summed E-state index contributed by atoms with van der Waals surface area (Å²) in [5.74, 6) is 0.935. The third-order valence-corrected chi connectivity index (χ3v) is 6.49. The smallest absolute Gasteiger partial charge is 0.339 e. The summed E-state index contributed by atoms with van der Waals surface area (Å²) in [4.78, 5) is 4.63. The van der Waals surface area contributed by atoms with Crippen LogP contribution in [0.4, 0.5) is 5.69 Å². The molecule has 0 saturated heterocycles. The second-order valence-electron chi connectivity index (χ2n) is 6.90. The maximum atomic E-state index is 12.8. The Labute approximate surface area is 185 Å². The maximum absolute atomic E-state index is 12.8. The fourth-order valence-corrected chi connectivity index (χ4v) is 5.00. The van der Waals surface area contributed by atoms with E-state index in [-0.39, 0.29) is 10.6 Å². The van der Waals surface area contributed by atoms with Gasteiger partial charge in [-0.05, 0) is 74.4 Å². The molecule has 3 aromatic rings. The molecule has 0 aliphatic rings. The highest BCUT2D eigenvalue weighted by Gasteiger charge is 2.22. The van der Waals surface area contributed by atoms with Crippen LogP contribution in [-0.4, -0.2) is 21.7 Å². The maximum Gasteiger partial charge on any atom is 0.339 e. The summed E-state index contributed by atoms with van der Waals surface area (Å²) in [6.07, 6.45) is 1.69. The second-order valence-corrected chi connectivity index (χ2v) is 9.30. The van der Waals surface area contributed by atoms with Crippen LogP contribution in [0.1, 0.15) is 22.3 Å². The zero-order chi connectivity index (χ0) is 21.9. The van der Waals surface area contributed by atoms with Crippen LogP contribution in [0.3, 0.4) is 0 Å². The van der Waals surface area contributed by atoms with Crippen molar-refractivity contribution < 1.29 is 17.3 Å². The van der Waals surface area contributed by atoms with Gasteiger partial charge in [-0.3, -0.25) is 4.99 Å². The minimum absolute atomic E-state index is 0.206. The van der Waals surface area contributed by atoms with E-state index in [4.69, 9.17) is 8.92 Å². The van der Waals surface area contributed by atoms with Gasteiger partial charge in [-0.15, -0.1) is 0 Å². The summed E-state index contributed by atoms with van der Waals surface area (Å²) >= 11 is 3.43. The van der Waals surface area contributed by atoms with Crippen LogP contribution < -0.4 is 8.92 Å². The van der Waals surface area contributed by atoms with Gasteiger partial charge < -0.3 is 8.92 Å². The van der Waals surface area contributed by atoms with Crippen LogP contribution in [0.2, 0.25) is 0 Å². The third kappa shape index (κ3) is 5.09. The summed E-state index contributed by atoms with van der Waals surface area (Å²) in [6, 6.07) is 15.9. The van der Waals surface area contributed by atoms with Crippen molar-refractivity contribution in [2.24, 2.45) is 4.99 Å². The number of methoxy groups -OCH3 is 1. The van der Waals surface area contributed by atoms with Gasteiger partial charge in [-0.1, -0.05) is 33.6 Å². The highest BCUT2D eigenvalue weighted by molar-refractivity contribution is 9.10. The summed E-state index contributed by atoms with van der Waals surface area (Å²) in [7, 11) is -2.33. The topological polar surface area (TPSA) is 65.0 Å². The van der Waals surface area contributed by atoms with Gasteiger partial charge in [-0.25, -0.2) is 0 Å². The zero-order valence-corrected chi connectivity index (χ0v) is 19.5. The zero-order valence-electron chi connectivity index (χ0n) is 17.1. The van der Waals surface area contributed by atoms with Gasteiger partial charge in [0.05, 0.1) is 12.8 Å². The Hall–Kier alpha value is -2.64. The first-order valence-electron chi connectivity index (χ1n) is 9.19. The van der Waals surface area contributed by atoms with Crippen molar-refractivity contribution in [3.63, 3.8) is 0 Å². The fraction of sp³-hybridized carbons (Fsp3) is 0.174. The molecule has 0 radical (unpaired) electrons. The Morgan fingerprint density at radius 2 is 1.57 bits per heavy atom. The van der Waals surface area contributed by atoms with E-state index in [2.05, 4.69) is 20.9 Å². The monoisotopic (exact) mass is 487 g/mol. The average Bonchev–Trinajstić information content (AvgIpc) is 2.66. The molecule has 0 amide bonds. The van der Waals surface area contributed by atoms with Gasteiger partial charge in [0.15, 0.2) is 0 Å². The van der Waals surface area contributed by atoms with E-state index in [9.17, 15) is 8.42 Å². The van der Waals surface area contributed by atoms with Gasteiger partial charge >= 0.3 is 10.1 Å². The quantitative estimate of drug-likeness (QED) is 0.320. The van der Waals surface area contributed by atoms with E-state index in [1.165, 1.54) is 0 Å². The van der Waals surface area contributed by atoms with E-state index >= 15 is 0 Å². The third-order valence-electron chi connectivity index (χ3n) is 4.44. The van der Waals surface area contributed by atoms with E-state index in [1.54, 1.807) is 51.4 Å². The lowest BCUT2D eigenvalue weighted by Gasteiger charge is -2.13. The molecule has 0 atom stereocenters. The Bertz CT molecular complexity index is 1180. The number of aliphatic imine (C=N–C) groups is 1. The Morgan fingerprint density at radius 1 is 0.933 bits per heavy atom. The molecule has 156 valence electrons. The predicted molar refractivity (Wildman–Crippen MR) is 123 cm³/mol. The van der Waals surface area contributed by atoms with Crippen molar-refractivity contribution in [3.05, 3.63) is 81.3 Å². The lowest BCUT2D eigenvalue weighted by molar-refractivity contribution is 0.414. The number of nitrogens with zero attached hydrogens (tertiary/aromatic N) is 1. The van der Waals surface area contributed by atoms with Crippen LogP contribution in [0, 0.1) is 20.8 Å². The number of aryl methyl sites for hydroxylation is 3. The minimum Gasteiger partial charge on any atom is -0.496 e. The molecule has 3 rings (SSSR count). The Kier molecular flexibility index (Phi) is 6.63. The molecule has 0 saturated carbocycles. The molecule has 0 unspecified atom stereocenters. The molecule has 5 nitrogen and oxygen atoms in total. The molecule has 0 fully saturated rings. The van der Waals surface area contributed by atoms with Gasteiger partial charge in [0.1, 0.15) is 16.4 Å². The number of ether oxygens (including phenoxy) is 1. The molecule has 3 aromatic carbocycles. The lowest BCUT2D eigenvalue weighted by atomic mass is 10.1. The van der Waals surface area contributed by atoms with Gasteiger partial charge in [0.2, 0.25) is 0 Å². The number of hydrogen-bond donors (Lipinski definition) is 0. The lowest BCUT2D eigenvalue weighted by Crippen LogP contribution is -2.13. The molecular formula is C23H22BrNO4S. The van der Waals surface area contributed by atoms with Crippen molar-refractivity contribution in [3.8, 4) is 11.5 Å².